The summed E-state index contributed by atoms with van der Waals surface area (Å²) in [7, 11) is 0. The van der Waals surface area contributed by atoms with Crippen molar-refractivity contribution in [2.45, 2.75) is 52.1 Å². The molecule has 3 N–H and O–H groups in total. The molecule has 0 saturated carbocycles. The second kappa shape index (κ2) is 11.7. The average Bonchev–Trinajstić information content (AvgIpc) is 3.20. The van der Waals surface area contributed by atoms with Gasteiger partial charge in [0.25, 0.3) is 0 Å². The first-order chi connectivity index (χ1) is 18.1. The number of ether oxygens (including phenoxy) is 1. The second-order valence-electron chi connectivity index (χ2n) is 9.96. The van der Waals surface area contributed by atoms with Crippen molar-refractivity contribution in [1.82, 2.24) is 15.2 Å². The van der Waals surface area contributed by atoms with E-state index in [1.54, 1.807) is 19.9 Å². The van der Waals surface area contributed by atoms with Crippen LogP contribution in [-0.4, -0.2) is 59.7 Å². The van der Waals surface area contributed by atoms with Crippen molar-refractivity contribution < 1.29 is 32.2 Å². The van der Waals surface area contributed by atoms with E-state index in [4.69, 9.17) is 4.74 Å². The van der Waals surface area contributed by atoms with Crippen molar-refractivity contribution in [2.75, 3.05) is 26.2 Å². The number of aromatic amines is 1. The standard InChI is InChI=1S/C28H33F4N3O3/c1-15(28(36)37)14-35-16(2)12-20-19-13-18(29)4-6-22(19)34-26(20)27(35)25-17(3)23(7-5-21(25)30)38-11-10-33-9-8-24(31)32/h4-7,13,15-16,24,27,33-34H,8-12,14H2,1-3H3,(H,36,37)/t15-,16-,27?/m1/s1. The SMILES string of the molecule is Cc1c(OCCNCCC(F)F)ccc(F)c1C1c2[nH]c3ccc(F)cc3c2C[C@@H](C)N1C[C@@H](C)C(=O)O. The Morgan fingerprint density at radius 1 is 1.24 bits per heavy atom. The van der Waals surface area contributed by atoms with Crippen molar-refractivity contribution in [3.63, 3.8) is 0 Å². The third-order valence-corrected chi connectivity index (χ3v) is 7.24. The van der Waals surface area contributed by atoms with Crippen molar-refractivity contribution in [3.8, 4) is 5.75 Å². The summed E-state index contributed by atoms with van der Waals surface area (Å²) in [6.07, 6.45) is -2.08. The van der Waals surface area contributed by atoms with Crippen LogP contribution in [0.1, 0.15) is 48.7 Å². The number of halogens is 4. The van der Waals surface area contributed by atoms with Gasteiger partial charge in [-0.1, -0.05) is 6.92 Å². The van der Waals surface area contributed by atoms with Gasteiger partial charge in [-0.3, -0.25) is 9.69 Å². The second-order valence-corrected chi connectivity index (χ2v) is 9.96. The highest BCUT2D eigenvalue weighted by atomic mass is 19.3. The van der Waals surface area contributed by atoms with E-state index in [9.17, 15) is 23.1 Å². The van der Waals surface area contributed by atoms with E-state index in [-0.39, 0.29) is 38.0 Å². The van der Waals surface area contributed by atoms with Crippen LogP contribution in [-0.2, 0) is 11.2 Å². The van der Waals surface area contributed by atoms with Gasteiger partial charge >= 0.3 is 5.97 Å². The van der Waals surface area contributed by atoms with Crippen LogP contribution in [0.25, 0.3) is 10.9 Å². The molecule has 1 unspecified atom stereocenters. The first-order valence-electron chi connectivity index (χ1n) is 12.8. The first kappa shape index (κ1) is 27.9. The maximum Gasteiger partial charge on any atom is 0.307 e. The predicted molar refractivity (Wildman–Crippen MR) is 137 cm³/mol. The molecule has 1 aromatic heterocycles. The molecule has 3 aromatic rings. The smallest absolute Gasteiger partial charge is 0.307 e. The zero-order valence-corrected chi connectivity index (χ0v) is 21.7. The monoisotopic (exact) mass is 535 g/mol. The molecular weight excluding hydrogens is 502 g/mol. The Labute approximate surface area is 219 Å². The molecule has 0 radical (unpaired) electrons. The predicted octanol–water partition coefficient (Wildman–Crippen LogP) is 5.43. The zero-order chi connectivity index (χ0) is 27.6. The van der Waals surface area contributed by atoms with E-state index in [1.165, 1.54) is 24.3 Å². The number of nitrogens with zero attached hydrogens (tertiary/aromatic N) is 1. The molecule has 6 nitrogen and oxygen atoms in total. The minimum absolute atomic E-state index is 0.154. The summed E-state index contributed by atoms with van der Waals surface area (Å²) in [4.78, 5) is 17.1. The number of rotatable bonds is 11. The summed E-state index contributed by atoms with van der Waals surface area (Å²) in [5.41, 5.74) is 3.21. The van der Waals surface area contributed by atoms with Gasteiger partial charge in [-0.15, -0.1) is 0 Å². The van der Waals surface area contributed by atoms with Gasteiger partial charge < -0.3 is 20.1 Å². The van der Waals surface area contributed by atoms with Crippen LogP contribution in [0.2, 0.25) is 0 Å². The van der Waals surface area contributed by atoms with E-state index in [0.717, 1.165) is 16.5 Å². The number of H-pyrrole nitrogens is 1. The van der Waals surface area contributed by atoms with Gasteiger partial charge in [-0.05, 0) is 61.7 Å². The average molecular weight is 536 g/mol. The van der Waals surface area contributed by atoms with Gasteiger partial charge in [0.05, 0.1) is 12.0 Å². The molecule has 38 heavy (non-hydrogen) atoms. The Balaban J connectivity index is 1.73. The highest BCUT2D eigenvalue weighted by Crippen LogP contribution is 2.44. The van der Waals surface area contributed by atoms with E-state index in [1.807, 2.05) is 11.8 Å². The fraction of sp³-hybridized carbons (Fsp3) is 0.464. The molecule has 0 spiro atoms. The number of benzene rings is 2. The Hall–Kier alpha value is -3.11. The Kier molecular flexibility index (Phi) is 8.62. The van der Waals surface area contributed by atoms with Gasteiger partial charge in [-0.2, -0.15) is 0 Å². The lowest BCUT2D eigenvalue weighted by molar-refractivity contribution is -0.142. The minimum Gasteiger partial charge on any atom is -0.492 e. The molecule has 10 heteroatoms. The zero-order valence-electron chi connectivity index (χ0n) is 21.7. The quantitative estimate of drug-likeness (QED) is 0.225. The van der Waals surface area contributed by atoms with Crippen LogP contribution in [0.4, 0.5) is 17.6 Å². The number of hydrogen-bond donors (Lipinski definition) is 3. The topological polar surface area (TPSA) is 77.6 Å². The number of carboxylic acid groups (broad SMARTS) is 1. The molecule has 2 aromatic carbocycles. The molecule has 0 aliphatic carbocycles. The first-order valence-corrected chi connectivity index (χ1v) is 12.8. The number of aliphatic carboxylic acids is 1. The van der Waals surface area contributed by atoms with Crippen LogP contribution < -0.4 is 10.1 Å². The maximum atomic E-state index is 15.6. The summed E-state index contributed by atoms with van der Waals surface area (Å²) >= 11 is 0. The van der Waals surface area contributed by atoms with E-state index >= 15 is 4.39 Å². The molecule has 4 rings (SSSR count). The third kappa shape index (κ3) is 5.81. The number of alkyl halides is 2. The summed E-state index contributed by atoms with van der Waals surface area (Å²) < 4.78 is 60.3. The fourth-order valence-corrected chi connectivity index (χ4v) is 5.25. The molecular formula is C28H33F4N3O3. The van der Waals surface area contributed by atoms with Crippen LogP contribution in [0.3, 0.4) is 0 Å². The van der Waals surface area contributed by atoms with Crippen molar-refractivity contribution in [3.05, 3.63) is 64.4 Å². The molecule has 0 amide bonds. The lowest BCUT2D eigenvalue weighted by Crippen LogP contribution is -2.46. The third-order valence-electron chi connectivity index (χ3n) is 7.24. The number of aromatic nitrogens is 1. The van der Waals surface area contributed by atoms with Crippen LogP contribution >= 0.6 is 0 Å². The summed E-state index contributed by atoms with van der Waals surface area (Å²) in [6.45, 7) is 6.22. The molecule has 2 heterocycles. The summed E-state index contributed by atoms with van der Waals surface area (Å²) in [5, 5.41) is 13.2. The molecule has 0 bridgehead atoms. The van der Waals surface area contributed by atoms with E-state index in [2.05, 4.69) is 10.3 Å². The lowest BCUT2D eigenvalue weighted by atomic mass is 9.85. The van der Waals surface area contributed by atoms with Gasteiger partial charge in [0.2, 0.25) is 6.43 Å². The Bertz CT molecular complexity index is 1300. The van der Waals surface area contributed by atoms with Crippen LogP contribution in [0.15, 0.2) is 30.3 Å². The Morgan fingerprint density at radius 2 is 2.00 bits per heavy atom. The minimum atomic E-state index is -2.37. The fourth-order valence-electron chi connectivity index (χ4n) is 5.25. The van der Waals surface area contributed by atoms with Crippen molar-refractivity contribution in [1.29, 1.82) is 0 Å². The van der Waals surface area contributed by atoms with Crippen LogP contribution in [0, 0.1) is 24.5 Å². The van der Waals surface area contributed by atoms with Crippen LogP contribution in [0.5, 0.6) is 5.75 Å². The normalized spacial score (nSPS) is 18.6. The number of nitrogens with one attached hydrogen (secondary N) is 2. The van der Waals surface area contributed by atoms with Gasteiger partial charge in [0.1, 0.15) is 24.0 Å². The molecule has 0 fully saturated rings. The lowest BCUT2D eigenvalue weighted by Gasteiger charge is -2.42. The number of carbonyl (C=O) groups is 1. The number of carboxylic acids is 1. The van der Waals surface area contributed by atoms with Gasteiger partial charge in [0, 0.05) is 54.3 Å². The summed E-state index contributed by atoms with van der Waals surface area (Å²) in [6, 6.07) is 6.53. The number of hydrogen-bond acceptors (Lipinski definition) is 4. The van der Waals surface area contributed by atoms with E-state index < -0.39 is 30.2 Å². The van der Waals surface area contributed by atoms with Gasteiger partial charge in [-0.25, -0.2) is 17.6 Å². The summed E-state index contributed by atoms with van der Waals surface area (Å²) in [5.74, 6) is -2.04. The highest BCUT2D eigenvalue weighted by Gasteiger charge is 2.39. The number of fused-ring (bicyclic) bond motifs is 3. The van der Waals surface area contributed by atoms with Crippen molar-refractivity contribution >= 4 is 16.9 Å². The Morgan fingerprint density at radius 3 is 2.71 bits per heavy atom. The highest BCUT2D eigenvalue weighted by molar-refractivity contribution is 5.85. The maximum absolute atomic E-state index is 15.6. The molecule has 1 aliphatic heterocycles. The largest absolute Gasteiger partial charge is 0.492 e. The molecule has 3 atom stereocenters. The molecule has 1 aliphatic rings. The molecule has 206 valence electrons. The van der Waals surface area contributed by atoms with Gasteiger partial charge in [0.15, 0.2) is 0 Å². The van der Waals surface area contributed by atoms with E-state index in [0.29, 0.717) is 35.5 Å². The van der Waals surface area contributed by atoms with Crippen molar-refractivity contribution in [2.24, 2.45) is 5.92 Å². The molecule has 0 saturated heterocycles.